The third-order valence-corrected chi connectivity index (χ3v) is 8.43. The smallest absolute Gasteiger partial charge is 0.416 e. The van der Waals surface area contributed by atoms with E-state index >= 15 is 0 Å². The summed E-state index contributed by atoms with van der Waals surface area (Å²) in [5.74, 6) is -0.790. The van der Waals surface area contributed by atoms with Crippen molar-refractivity contribution in [2.24, 2.45) is 11.8 Å². The van der Waals surface area contributed by atoms with Crippen LogP contribution >= 0.6 is 0 Å². The van der Waals surface area contributed by atoms with Gasteiger partial charge in [-0.15, -0.1) is 0 Å². The number of allylic oxidation sites excluding steroid dienone is 1. The Balaban J connectivity index is 1.51. The lowest BCUT2D eigenvalue weighted by Crippen LogP contribution is -2.35. The molecule has 1 heterocycles. The molecule has 232 valence electrons. The van der Waals surface area contributed by atoms with Crippen LogP contribution in [0.25, 0.3) is 5.57 Å². The minimum absolute atomic E-state index is 0.0201. The zero-order valence-electron chi connectivity index (χ0n) is 23.7. The number of rotatable bonds is 7. The second-order valence-corrected chi connectivity index (χ2v) is 11.6. The third kappa shape index (κ3) is 6.24. The molecule has 3 aliphatic rings. The maximum absolute atomic E-state index is 14.9. The van der Waals surface area contributed by atoms with E-state index in [4.69, 9.17) is 9.47 Å². The number of nitrogens with zero attached hydrogens (tertiary/aromatic N) is 1. The molecule has 12 heteroatoms. The largest absolute Gasteiger partial charge is 0.496 e. The summed E-state index contributed by atoms with van der Waals surface area (Å²) in [4.78, 5) is 27.1. The van der Waals surface area contributed by atoms with Gasteiger partial charge in [-0.05, 0) is 85.9 Å². The molecule has 2 aromatic carbocycles. The number of Topliss-reactive ketones (excluding diaryl/α,β-unsaturated/α-hetero) is 1. The van der Waals surface area contributed by atoms with E-state index in [1.807, 2.05) is 6.92 Å². The first kappa shape index (κ1) is 30.9. The van der Waals surface area contributed by atoms with Crippen molar-refractivity contribution in [2.75, 3.05) is 13.7 Å². The van der Waals surface area contributed by atoms with Crippen LogP contribution in [-0.4, -0.2) is 36.5 Å². The molecule has 0 aromatic heterocycles. The number of alkyl halides is 6. The fraction of sp³-hybridized carbons (Fsp3) is 0.484. The van der Waals surface area contributed by atoms with Crippen molar-refractivity contribution in [3.8, 4) is 5.75 Å². The lowest BCUT2D eigenvalue weighted by molar-refractivity contribution is -0.143. The summed E-state index contributed by atoms with van der Waals surface area (Å²) in [6.45, 7) is 3.49. The number of carbonyl (C=O) groups is 2. The SMILES string of the molecule is COc1cc(F)c(C(=O)C2CC2)cc1C1=C(CN2C(=O)O[C@H](c3cc(C(F)(F)F)cc(C(F)(F)F)c3)[C@@H]2C)CC(C)CC1. The summed E-state index contributed by atoms with van der Waals surface area (Å²) in [6.07, 6.45) is -9.17. The highest BCUT2D eigenvalue weighted by Crippen LogP contribution is 2.44. The Kier molecular flexibility index (Phi) is 8.02. The quantitative estimate of drug-likeness (QED) is 0.232. The number of amides is 1. The topological polar surface area (TPSA) is 55.8 Å². The molecule has 1 unspecified atom stereocenters. The summed E-state index contributed by atoms with van der Waals surface area (Å²) in [6, 6.07) is 2.91. The van der Waals surface area contributed by atoms with Crippen LogP contribution in [-0.2, 0) is 17.1 Å². The highest BCUT2D eigenvalue weighted by Gasteiger charge is 2.44. The molecule has 3 atom stereocenters. The van der Waals surface area contributed by atoms with Crippen LogP contribution in [0.2, 0.25) is 0 Å². The monoisotopic (exact) mass is 613 g/mol. The number of carbonyl (C=O) groups excluding carboxylic acids is 2. The first-order valence-electron chi connectivity index (χ1n) is 14.0. The van der Waals surface area contributed by atoms with Gasteiger partial charge in [-0.3, -0.25) is 9.69 Å². The Morgan fingerprint density at radius 2 is 1.60 bits per heavy atom. The highest BCUT2D eigenvalue weighted by atomic mass is 19.4. The van der Waals surface area contributed by atoms with E-state index in [-0.39, 0.29) is 41.5 Å². The number of hydrogen-bond donors (Lipinski definition) is 0. The molecular formula is C31H30F7NO4. The average molecular weight is 614 g/mol. The van der Waals surface area contributed by atoms with Gasteiger partial charge in [0.2, 0.25) is 0 Å². The Morgan fingerprint density at radius 3 is 2.16 bits per heavy atom. The van der Waals surface area contributed by atoms with Gasteiger partial charge in [0.15, 0.2) is 5.78 Å². The van der Waals surface area contributed by atoms with Crippen LogP contribution in [0, 0.1) is 17.7 Å². The van der Waals surface area contributed by atoms with Crippen LogP contribution in [0.5, 0.6) is 5.75 Å². The lowest BCUT2D eigenvalue weighted by Gasteiger charge is -2.30. The van der Waals surface area contributed by atoms with Gasteiger partial charge in [0.25, 0.3) is 0 Å². The van der Waals surface area contributed by atoms with E-state index in [1.54, 1.807) is 0 Å². The summed E-state index contributed by atoms with van der Waals surface area (Å²) < 4.78 is 107. The van der Waals surface area contributed by atoms with Crippen molar-refractivity contribution in [3.05, 3.63) is 69.5 Å². The fourth-order valence-electron chi connectivity index (χ4n) is 5.92. The molecule has 1 amide bonds. The third-order valence-electron chi connectivity index (χ3n) is 8.43. The highest BCUT2D eigenvalue weighted by molar-refractivity contribution is 6.00. The number of benzene rings is 2. The molecule has 0 spiro atoms. The van der Waals surface area contributed by atoms with Crippen molar-refractivity contribution in [3.63, 3.8) is 0 Å². The predicted octanol–water partition coefficient (Wildman–Crippen LogP) is 8.62. The minimum atomic E-state index is -5.05. The van der Waals surface area contributed by atoms with Gasteiger partial charge in [-0.25, -0.2) is 9.18 Å². The summed E-state index contributed by atoms with van der Waals surface area (Å²) in [5.41, 5.74) is -1.42. The summed E-state index contributed by atoms with van der Waals surface area (Å²) in [5, 5.41) is 0. The van der Waals surface area contributed by atoms with E-state index in [0.717, 1.165) is 17.6 Å². The van der Waals surface area contributed by atoms with Gasteiger partial charge in [0.05, 0.1) is 29.8 Å². The second kappa shape index (κ2) is 11.2. The van der Waals surface area contributed by atoms with Crippen molar-refractivity contribution < 1.29 is 49.8 Å². The normalized spacial score (nSPS) is 23.1. The maximum Gasteiger partial charge on any atom is 0.416 e. The lowest BCUT2D eigenvalue weighted by atomic mass is 9.80. The molecule has 2 aliphatic carbocycles. The molecular weight excluding hydrogens is 583 g/mol. The molecule has 0 radical (unpaired) electrons. The van der Waals surface area contributed by atoms with Gasteiger partial charge >= 0.3 is 18.4 Å². The van der Waals surface area contributed by atoms with Crippen LogP contribution in [0.1, 0.15) is 84.7 Å². The summed E-state index contributed by atoms with van der Waals surface area (Å²) in [7, 11) is 1.38. The predicted molar refractivity (Wildman–Crippen MR) is 142 cm³/mol. The number of methoxy groups -OCH3 is 1. The van der Waals surface area contributed by atoms with Crippen LogP contribution in [0.3, 0.4) is 0 Å². The van der Waals surface area contributed by atoms with Crippen molar-refractivity contribution in [1.29, 1.82) is 0 Å². The van der Waals surface area contributed by atoms with Crippen molar-refractivity contribution >= 4 is 17.4 Å². The van der Waals surface area contributed by atoms with Gasteiger partial charge in [-0.1, -0.05) is 6.92 Å². The Bertz CT molecular complexity index is 1440. The minimum Gasteiger partial charge on any atom is -0.496 e. The number of ether oxygens (including phenoxy) is 2. The molecule has 0 bridgehead atoms. The van der Waals surface area contributed by atoms with Crippen molar-refractivity contribution in [2.45, 2.75) is 70.4 Å². The van der Waals surface area contributed by atoms with Crippen molar-refractivity contribution in [1.82, 2.24) is 4.90 Å². The van der Waals surface area contributed by atoms with E-state index in [0.29, 0.717) is 43.4 Å². The molecule has 1 aliphatic heterocycles. The van der Waals surface area contributed by atoms with Crippen LogP contribution < -0.4 is 4.74 Å². The molecule has 43 heavy (non-hydrogen) atoms. The molecule has 5 nitrogen and oxygen atoms in total. The van der Waals surface area contributed by atoms with Gasteiger partial charge in [0, 0.05) is 24.1 Å². The Labute approximate surface area is 243 Å². The number of halogens is 7. The van der Waals surface area contributed by atoms with E-state index < -0.39 is 53.1 Å². The molecule has 5 rings (SSSR count). The van der Waals surface area contributed by atoms with Gasteiger partial charge in [-0.2, -0.15) is 26.3 Å². The standard InChI is InChI=1S/C31H30F7NO4/c1-15-4-7-22(23-12-24(27(40)17-5-6-17)25(32)13-26(23)42-3)19(8-15)14-39-16(2)28(43-29(39)41)18-9-20(30(33,34)35)11-21(10-18)31(36,37)38/h9-13,15-17,28H,4-8,14H2,1-3H3/t15?,16-,28-/m0/s1. The number of ketones is 1. The zero-order chi connectivity index (χ0) is 31.4. The van der Waals surface area contributed by atoms with Crippen LogP contribution in [0.4, 0.5) is 35.5 Å². The maximum atomic E-state index is 14.9. The van der Waals surface area contributed by atoms with Crippen LogP contribution in [0.15, 0.2) is 35.9 Å². The fourth-order valence-corrected chi connectivity index (χ4v) is 5.92. The zero-order valence-corrected chi connectivity index (χ0v) is 23.7. The molecule has 0 N–H and O–H groups in total. The van der Waals surface area contributed by atoms with E-state index in [9.17, 15) is 40.3 Å². The second-order valence-electron chi connectivity index (χ2n) is 11.6. The number of hydrogen-bond acceptors (Lipinski definition) is 4. The molecule has 1 saturated carbocycles. The Hall–Kier alpha value is -3.57. The van der Waals surface area contributed by atoms with Gasteiger partial charge < -0.3 is 9.47 Å². The van der Waals surface area contributed by atoms with E-state index in [2.05, 4.69) is 0 Å². The number of cyclic esters (lactones) is 1. The summed E-state index contributed by atoms with van der Waals surface area (Å²) >= 11 is 0. The molecule has 2 aromatic rings. The van der Waals surface area contributed by atoms with Gasteiger partial charge in [0.1, 0.15) is 17.7 Å². The first-order chi connectivity index (χ1) is 20.1. The molecule has 2 fully saturated rings. The average Bonchev–Trinajstić information content (AvgIpc) is 3.74. The Morgan fingerprint density at radius 1 is 0.977 bits per heavy atom. The molecule has 1 saturated heterocycles. The first-order valence-corrected chi connectivity index (χ1v) is 14.0. The van der Waals surface area contributed by atoms with E-state index in [1.165, 1.54) is 31.1 Å².